The van der Waals surface area contributed by atoms with Gasteiger partial charge in [-0.1, -0.05) is 23.3 Å². The average Bonchev–Trinajstić information content (AvgIpc) is 2.67. The molecular weight excluding hydrogens is 204 g/mol. The van der Waals surface area contributed by atoms with Gasteiger partial charge >= 0.3 is 0 Å². The van der Waals surface area contributed by atoms with Crippen LogP contribution in [0.2, 0.25) is 0 Å². The molecule has 1 aromatic heterocycles. The van der Waals surface area contributed by atoms with Gasteiger partial charge in [0, 0.05) is 5.56 Å². The Labute approximate surface area is 93.4 Å². The Morgan fingerprint density at radius 2 is 1.80 bits per heavy atom. The molecule has 0 atom stereocenters. The first-order valence-electron chi connectivity index (χ1n) is 4.83. The van der Waals surface area contributed by atoms with Crippen molar-refractivity contribution < 1.29 is 4.79 Å². The Hall–Kier alpha value is -1.41. The molecule has 0 aliphatic rings. The summed E-state index contributed by atoms with van der Waals surface area (Å²) in [5.41, 5.74) is 3.06. The van der Waals surface area contributed by atoms with E-state index in [0.717, 1.165) is 21.6 Å². The molecule has 0 unspecified atom stereocenters. The molecule has 0 saturated carbocycles. The molecule has 2 heteroatoms. The summed E-state index contributed by atoms with van der Waals surface area (Å²) < 4.78 is 0. The Bertz CT molecular complexity index is 463. The van der Waals surface area contributed by atoms with E-state index in [4.69, 9.17) is 0 Å². The predicted molar refractivity (Wildman–Crippen MR) is 63.7 cm³/mol. The van der Waals surface area contributed by atoms with Gasteiger partial charge in [0.25, 0.3) is 0 Å². The van der Waals surface area contributed by atoms with E-state index < -0.39 is 0 Å². The quantitative estimate of drug-likeness (QED) is 0.701. The lowest BCUT2D eigenvalue weighted by molar-refractivity contribution is 0.104. The van der Waals surface area contributed by atoms with Gasteiger partial charge in [-0.2, -0.15) is 0 Å². The van der Waals surface area contributed by atoms with Crippen molar-refractivity contribution in [3.63, 3.8) is 0 Å². The van der Waals surface area contributed by atoms with E-state index in [2.05, 4.69) is 6.07 Å². The Morgan fingerprint density at radius 1 is 1.13 bits per heavy atom. The third-order valence-electron chi connectivity index (χ3n) is 2.23. The summed E-state index contributed by atoms with van der Waals surface area (Å²) in [7, 11) is 0. The first-order valence-corrected chi connectivity index (χ1v) is 5.71. The van der Waals surface area contributed by atoms with Crippen molar-refractivity contribution in [2.24, 2.45) is 0 Å². The summed E-state index contributed by atoms with van der Waals surface area (Å²) in [5, 5.41) is 1.93. The van der Waals surface area contributed by atoms with E-state index in [1.54, 1.807) is 0 Å². The number of hydrogen-bond acceptors (Lipinski definition) is 2. The average molecular weight is 216 g/mol. The fourth-order valence-electron chi connectivity index (χ4n) is 1.66. The lowest BCUT2D eigenvalue weighted by atomic mass is 10.0. The highest BCUT2D eigenvalue weighted by Gasteiger charge is 2.10. The first-order chi connectivity index (χ1) is 7.16. The van der Waals surface area contributed by atoms with Gasteiger partial charge in [-0.05, 0) is 37.4 Å². The fraction of sp³-hybridized carbons (Fsp3) is 0.154. The minimum absolute atomic E-state index is 0.122. The molecule has 0 spiro atoms. The van der Waals surface area contributed by atoms with Crippen LogP contribution in [-0.4, -0.2) is 5.78 Å². The second-order valence-electron chi connectivity index (χ2n) is 3.68. The highest BCUT2D eigenvalue weighted by molar-refractivity contribution is 7.12. The molecule has 1 aromatic carbocycles. The SMILES string of the molecule is Cc1cc(C)cc(C(=O)c2cccs2)c1. The maximum atomic E-state index is 12.0. The van der Waals surface area contributed by atoms with Gasteiger partial charge < -0.3 is 0 Å². The molecule has 2 aromatic rings. The standard InChI is InChI=1S/C13H12OS/c1-9-6-10(2)8-11(7-9)13(14)12-4-3-5-15-12/h3-8H,1-2H3. The molecule has 1 nitrogen and oxygen atoms in total. The molecule has 1 heterocycles. The van der Waals surface area contributed by atoms with Gasteiger partial charge in [-0.25, -0.2) is 0 Å². The van der Waals surface area contributed by atoms with Crippen molar-refractivity contribution in [1.82, 2.24) is 0 Å². The number of hydrogen-bond donors (Lipinski definition) is 0. The second kappa shape index (κ2) is 3.99. The normalized spacial score (nSPS) is 10.3. The first kappa shape index (κ1) is 10.1. The number of aryl methyl sites for hydroxylation is 2. The zero-order valence-corrected chi connectivity index (χ0v) is 9.60. The van der Waals surface area contributed by atoms with Crippen LogP contribution in [0.15, 0.2) is 35.7 Å². The van der Waals surface area contributed by atoms with Crippen LogP contribution in [0.4, 0.5) is 0 Å². The van der Waals surface area contributed by atoms with Gasteiger partial charge in [-0.3, -0.25) is 4.79 Å². The molecule has 15 heavy (non-hydrogen) atoms. The topological polar surface area (TPSA) is 17.1 Å². The van der Waals surface area contributed by atoms with Crippen LogP contribution in [0.3, 0.4) is 0 Å². The largest absolute Gasteiger partial charge is 0.288 e. The van der Waals surface area contributed by atoms with Crippen LogP contribution in [0, 0.1) is 13.8 Å². The van der Waals surface area contributed by atoms with Crippen LogP contribution >= 0.6 is 11.3 Å². The van der Waals surface area contributed by atoms with Gasteiger partial charge in [0.15, 0.2) is 0 Å². The number of ketones is 1. The number of thiophene rings is 1. The summed E-state index contributed by atoms with van der Waals surface area (Å²) in [6.07, 6.45) is 0. The van der Waals surface area contributed by atoms with E-state index in [9.17, 15) is 4.79 Å². The zero-order valence-electron chi connectivity index (χ0n) is 8.78. The smallest absolute Gasteiger partial charge is 0.202 e. The second-order valence-corrected chi connectivity index (χ2v) is 4.63. The summed E-state index contributed by atoms with van der Waals surface area (Å²) in [6, 6.07) is 9.72. The van der Waals surface area contributed by atoms with Crippen LogP contribution < -0.4 is 0 Å². The summed E-state index contributed by atoms with van der Waals surface area (Å²) in [4.78, 5) is 12.8. The van der Waals surface area contributed by atoms with Crippen molar-refractivity contribution in [3.8, 4) is 0 Å². The van der Waals surface area contributed by atoms with Crippen molar-refractivity contribution in [2.75, 3.05) is 0 Å². The number of carbonyl (C=O) groups excluding carboxylic acids is 1. The maximum absolute atomic E-state index is 12.0. The van der Waals surface area contributed by atoms with Crippen LogP contribution in [0.1, 0.15) is 26.4 Å². The Balaban J connectivity index is 2.42. The van der Waals surface area contributed by atoms with Crippen molar-refractivity contribution in [2.45, 2.75) is 13.8 Å². The van der Waals surface area contributed by atoms with Crippen molar-refractivity contribution in [1.29, 1.82) is 0 Å². The molecule has 0 saturated heterocycles. The molecule has 0 aliphatic carbocycles. The number of carbonyl (C=O) groups is 1. The minimum Gasteiger partial charge on any atom is -0.288 e. The van der Waals surface area contributed by atoms with E-state index in [1.807, 2.05) is 43.5 Å². The van der Waals surface area contributed by atoms with Gasteiger partial charge in [-0.15, -0.1) is 11.3 Å². The monoisotopic (exact) mass is 216 g/mol. The Kier molecular flexibility index (Phi) is 2.69. The van der Waals surface area contributed by atoms with E-state index in [-0.39, 0.29) is 5.78 Å². The van der Waals surface area contributed by atoms with E-state index in [1.165, 1.54) is 11.3 Å². The third kappa shape index (κ3) is 2.16. The van der Waals surface area contributed by atoms with Crippen LogP contribution in [0.5, 0.6) is 0 Å². The molecule has 2 rings (SSSR count). The van der Waals surface area contributed by atoms with Gasteiger partial charge in [0.1, 0.15) is 0 Å². The summed E-state index contributed by atoms with van der Waals surface area (Å²) in [6.45, 7) is 4.02. The highest BCUT2D eigenvalue weighted by atomic mass is 32.1. The van der Waals surface area contributed by atoms with Crippen LogP contribution in [-0.2, 0) is 0 Å². The fourth-order valence-corrected chi connectivity index (χ4v) is 2.34. The number of rotatable bonds is 2. The van der Waals surface area contributed by atoms with Crippen molar-refractivity contribution >= 4 is 17.1 Å². The van der Waals surface area contributed by atoms with Gasteiger partial charge in [0.05, 0.1) is 4.88 Å². The minimum atomic E-state index is 0.122. The molecule has 0 N–H and O–H groups in total. The molecule has 0 bridgehead atoms. The maximum Gasteiger partial charge on any atom is 0.202 e. The zero-order chi connectivity index (χ0) is 10.8. The molecule has 0 amide bonds. The van der Waals surface area contributed by atoms with Crippen molar-refractivity contribution in [3.05, 3.63) is 57.3 Å². The number of benzene rings is 1. The molecular formula is C13H12OS. The molecule has 0 aliphatic heterocycles. The van der Waals surface area contributed by atoms with E-state index >= 15 is 0 Å². The van der Waals surface area contributed by atoms with Gasteiger partial charge in [0.2, 0.25) is 5.78 Å². The Morgan fingerprint density at radius 3 is 2.33 bits per heavy atom. The molecule has 0 fully saturated rings. The highest BCUT2D eigenvalue weighted by Crippen LogP contribution is 2.17. The summed E-state index contributed by atoms with van der Waals surface area (Å²) >= 11 is 1.49. The third-order valence-corrected chi connectivity index (χ3v) is 3.10. The van der Waals surface area contributed by atoms with Crippen LogP contribution in [0.25, 0.3) is 0 Å². The lowest BCUT2D eigenvalue weighted by Crippen LogP contribution is -1.99. The predicted octanol–water partition coefficient (Wildman–Crippen LogP) is 3.60. The molecule has 76 valence electrons. The lowest BCUT2D eigenvalue weighted by Gasteiger charge is -2.02. The molecule has 0 radical (unpaired) electrons. The summed E-state index contributed by atoms with van der Waals surface area (Å²) in [5.74, 6) is 0.122. The van der Waals surface area contributed by atoms with E-state index in [0.29, 0.717) is 0 Å².